The average Bonchev–Trinajstić information content (AvgIpc) is 3.21. The van der Waals surface area contributed by atoms with Crippen molar-refractivity contribution in [3.8, 4) is 5.88 Å². The smallest absolute Gasteiger partial charge is 0.319 e. The van der Waals surface area contributed by atoms with Crippen molar-refractivity contribution in [1.29, 1.82) is 0 Å². The molecule has 1 aliphatic rings. The molecule has 1 fully saturated rings. The fraction of sp³-hybridized carbons (Fsp3) is 0.500. The topological polar surface area (TPSA) is 130 Å². The van der Waals surface area contributed by atoms with Gasteiger partial charge in [-0.1, -0.05) is 18.0 Å². The van der Waals surface area contributed by atoms with Gasteiger partial charge in [0.1, 0.15) is 28.8 Å². The summed E-state index contributed by atoms with van der Waals surface area (Å²) in [7, 11) is 0. The molecule has 0 spiro atoms. The molecule has 5 N–H and O–H groups in total. The highest BCUT2D eigenvalue weighted by Gasteiger charge is 2.23. The number of halogens is 3. The Morgan fingerprint density at radius 2 is 2.00 bits per heavy atom. The van der Waals surface area contributed by atoms with Gasteiger partial charge < -0.3 is 25.8 Å². The Labute approximate surface area is 210 Å². The van der Waals surface area contributed by atoms with Crippen molar-refractivity contribution in [3.63, 3.8) is 0 Å². The van der Waals surface area contributed by atoms with Gasteiger partial charge in [-0.05, 0) is 62.4 Å². The molecule has 1 atom stereocenters. The van der Waals surface area contributed by atoms with Crippen LogP contribution in [-0.2, 0) is 6.61 Å². The van der Waals surface area contributed by atoms with Crippen LogP contribution in [0, 0.1) is 11.6 Å². The number of urea groups is 1. The Bertz CT molecular complexity index is 1040. The SMILES string of the molecule is NC(=O)c1c(OCc2cc(F)c(Cl)cc2F)nsc1NC(=O)NCCCC(O)CN1CCCCC1. The summed E-state index contributed by atoms with van der Waals surface area (Å²) in [5.41, 5.74) is 5.09. The number of hydrogen-bond acceptors (Lipinski definition) is 7. The third-order valence-electron chi connectivity index (χ3n) is 5.51. The first-order valence-electron chi connectivity index (χ1n) is 11.3. The molecule has 1 aromatic carbocycles. The van der Waals surface area contributed by atoms with E-state index in [0.717, 1.165) is 49.6 Å². The number of piperidine rings is 1. The zero-order chi connectivity index (χ0) is 25.4. The first-order valence-corrected chi connectivity index (χ1v) is 12.4. The molecule has 3 amide bonds. The van der Waals surface area contributed by atoms with Crippen molar-refractivity contribution in [2.75, 3.05) is 31.5 Å². The molecule has 2 heterocycles. The third kappa shape index (κ3) is 7.99. The number of benzene rings is 1. The van der Waals surface area contributed by atoms with Crippen molar-refractivity contribution in [3.05, 3.63) is 39.9 Å². The van der Waals surface area contributed by atoms with Crippen LogP contribution in [0.4, 0.5) is 18.6 Å². The number of nitrogens with one attached hydrogen (secondary N) is 2. The maximum atomic E-state index is 14.0. The number of nitrogens with zero attached hydrogens (tertiary/aromatic N) is 2. The number of aromatic nitrogens is 1. The van der Waals surface area contributed by atoms with Crippen LogP contribution in [0.25, 0.3) is 0 Å². The molecule has 0 saturated carbocycles. The van der Waals surface area contributed by atoms with E-state index in [-0.39, 0.29) is 27.0 Å². The Morgan fingerprint density at radius 1 is 1.26 bits per heavy atom. The minimum atomic E-state index is -0.910. The van der Waals surface area contributed by atoms with Crippen LogP contribution in [0.5, 0.6) is 5.88 Å². The van der Waals surface area contributed by atoms with E-state index in [9.17, 15) is 23.5 Å². The normalized spacial score (nSPS) is 15.0. The standard InChI is InChI=1S/C22H28ClF2N5O4S/c23-15-10-16(24)13(9-17(15)25)12-34-20-18(19(26)32)21(35-29-20)28-22(33)27-6-4-5-14(31)11-30-7-2-1-3-8-30/h9-10,14,31H,1-8,11-12H2,(H2,26,32)(H2,27,28,33). The lowest BCUT2D eigenvalue weighted by Gasteiger charge is -2.28. The average molecular weight is 532 g/mol. The van der Waals surface area contributed by atoms with Crippen molar-refractivity contribution < 1.29 is 28.2 Å². The second-order valence-corrected chi connectivity index (χ2v) is 9.42. The van der Waals surface area contributed by atoms with E-state index in [0.29, 0.717) is 25.9 Å². The molecule has 0 aliphatic carbocycles. The van der Waals surface area contributed by atoms with E-state index < -0.39 is 36.3 Å². The molecule has 1 saturated heterocycles. The molecule has 2 aromatic rings. The molecule has 0 bridgehead atoms. The second-order valence-electron chi connectivity index (χ2n) is 8.24. The maximum absolute atomic E-state index is 14.0. The van der Waals surface area contributed by atoms with Gasteiger partial charge in [-0.25, -0.2) is 13.6 Å². The van der Waals surface area contributed by atoms with Crippen LogP contribution in [0.3, 0.4) is 0 Å². The summed E-state index contributed by atoms with van der Waals surface area (Å²) in [6, 6.07) is 1.11. The zero-order valence-corrected chi connectivity index (χ0v) is 20.6. The fourth-order valence-corrected chi connectivity index (χ4v) is 4.60. The van der Waals surface area contributed by atoms with E-state index in [1.807, 2.05) is 0 Å². The van der Waals surface area contributed by atoms with E-state index in [4.69, 9.17) is 22.1 Å². The number of likely N-dealkylation sites (tertiary alicyclic amines) is 1. The molecule has 1 unspecified atom stereocenters. The monoisotopic (exact) mass is 531 g/mol. The van der Waals surface area contributed by atoms with Crippen molar-refractivity contribution in [2.45, 2.75) is 44.8 Å². The lowest BCUT2D eigenvalue weighted by Crippen LogP contribution is -2.37. The number of carbonyl (C=O) groups is 2. The summed E-state index contributed by atoms with van der Waals surface area (Å²) in [5, 5.41) is 15.0. The first-order chi connectivity index (χ1) is 16.7. The molecule has 0 radical (unpaired) electrons. The summed E-state index contributed by atoms with van der Waals surface area (Å²) in [6.45, 7) is 2.52. The molecule has 9 nitrogen and oxygen atoms in total. The largest absolute Gasteiger partial charge is 0.471 e. The van der Waals surface area contributed by atoms with Crippen LogP contribution >= 0.6 is 23.1 Å². The molecular weight excluding hydrogens is 504 g/mol. The molecule has 1 aliphatic heterocycles. The predicted molar refractivity (Wildman–Crippen MR) is 129 cm³/mol. The highest BCUT2D eigenvalue weighted by atomic mass is 35.5. The lowest BCUT2D eigenvalue weighted by atomic mass is 10.1. The summed E-state index contributed by atoms with van der Waals surface area (Å²) in [4.78, 5) is 26.4. The molecule has 3 rings (SSSR count). The van der Waals surface area contributed by atoms with E-state index in [2.05, 4.69) is 19.9 Å². The number of ether oxygens (including phenoxy) is 1. The number of aliphatic hydroxyl groups is 1. The number of β-amino-alcohol motifs (C(OH)–C–C–N with tert-alkyl or cyclic N) is 1. The molecule has 13 heteroatoms. The van der Waals surface area contributed by atoms with E-state index >= 15 is 0 Å². The second kappa shape index (κ2) is 13.0. The van der Waals surface area contributed by atoms with Gasteiger partial charge in [-0.15, -0.1) is 0 Å². The van der Waals surface area contributed by atoms with Crippen molar-refractivity contribution in [1.82, 2.24) is 14.6 Å². The summed E-state index contributed by atoms with van der Waals surface area (Å²) < 4.78 is 36.9. The number of anilines is 1. The van der Waals surface area contributed by atoms with Crippen LogP contribution < -0.4 is 21.1 Å². The van der Waals surface area contributed by atoms with Gasteiger partial charge >= 0.3 is 6.03 Å². The van der Waals surface area contributed by atoms with Crippen LogP contribution in [-0.4, -0.2) is 58.6 Å². The van der Waals surface area contributed by atoms with Gasteiger partial charge in [0.25, 0.3) is 5.91 Å². The number of carbonyl (C=O) groups excluding carboxylic acids is 2. The van der Waals surface area contributed by atoms with Crippen molar-refractivity contribution >= 4 is 40.1 Å². The number of amides is 3. The molecule has 192 valence electrons. The van der Waals surface area contributed by atoms with E-state index in [1.54, 1.807) is 0 Å². The quantitative estimate of drug-likeness (QED) is 0.259. The number of rotatable bonds is 11. The highest BCUT2D eigenvalue weighted by molar-refractivity contribution is 7.11. The number of hydrogen-bond donors (Lipinski definition) is 4. The van der Waals surface area contributed by atoms with E-state index in [1.165, 1.54) is 6.42 Å². The van der Waals surface area contributed by atoms with Crippen LogP contribution in [0.2, 0.25) is 5.02 Å². The summed E-state index contributed by atoms with van der Waals surface area (Å²) >= 11 is 6.29. The Hall–Kier alpha value is -2.54. The summed E-state index contributed by atoms with van der Waals surface area (Å²) in [6.07, 6.45) is 4.21. The molecular formula is C22H28ClF2N5O4S. The van der Waals surface area contributed by atoms with Gasteiger partial charge in [-0.2, -0.15) is 4.37 Å². The number of aliphatic hydroxyl groups excluding tert-OH is 1. The van der Waals surface area contributed by atoms with Gasteiger partial charge in [0.05, 0.1) is 11.1 Å². The Morgan fingerprint density at radius 3 is 2.71 bits per heavy atom. The minimum Gasteiger partial charge on any atom is -0.471 e. The Balaban J connectivity index is 1.47. The lowest BCUT2D eigenvalue weighted by molar-refractivity contribution is 0.0933. The Kier molecular flexibility index (Phi) is 10.0. The number of nitrogens with two attached hydrogens (primary N) is 1. The van der Waals surface area contributed by atoms with Gasteiger partial charge in [0.2, 0.25) is 5.88 Å². The number of primary amides is 1. The van der Waals surface area contributed by atoms with Crippen molar-refractivity contribution in [2.24, 2.45) is 5.73 Å². The zero-order valence-electron chi connectivity index (χ0n) is 19.0. The molecule has 35 heavy (non-hydrogen) atoms. The maximum Gasteiger partial charge on any atom is 0.319 e. The van der Waals surface area contributed by atoms with Crippen LogP contribution in [0.15, 0.2) is 12.1 Å². The van der Waals surface area contributed by atoms with Gasteiger partial charge in [-0.3, -0.25) is 10.1 Å². The fourth-order valence-electron chi connectivity index (χ4n) is 3.72. The van der Waals surface area contributed by atoms with Gasteiger partial charge in [0, 0.05) is 18.7 Å². The minimum absolute atomic E-state index is 0.0536. The highest BCUT2D eigenvalue weighted by Crippen LogP contribution is 2.31. The third-order valence-corrected chi connectivity index (χ3v) is 6.54. The predicted octanol–water partition coefficient (Wildman–Crippen LogP) is 3.50. The first kappa shape index (κ1) is 27.1. The molecule has 1 aromatic heterocycles. The summed E-state index contributed by atoms with van der Waals surface area (Å²) in [5.74, 6) is -2.73. The van der Waals surface area contributed by atoms with Gasteiger partial charge in [0.15, 0.2) is 0 Å². The van der Waals surface area contributed by atoms with Crippen LogP contribution in [0.1, 0.15) is 48.0 Å².